The van der Waals surface area contributed by atoms with Crippen LogP contribution in [0.15, 0.2) is 91.0 Å². The minimum atomic E-state index is 1.10. The molecule has 0 atom stereocenters. The summed E-state index contributed by atoms with van der Waals surface area (Å²) in [5.74, 6) is 0. The molecule has 0 N–H and O–H groups in total. The van der Waals surface area contributed by atoms with Gasteiger partial charge in [-0.3, -0.25) is 0 Å². The first-order chi connectivity index (χ1) is 23.0. The van der Waals surface area contributed by atoms with Crippen molar-refractivity contribution >= 4 is 0 Å². The maximum absolute atomic E-state index is 2.35. The largest absolute Gasteiger partial charge is 0.0590 e. The molecule has 0 spiro atoms. The summed E-state index contributed by atoms with van der Waals surface area (Å²) in [6, 6.07) is 34.3. The molecule has 0 aromatic heterocycles. The summed E-state index contributed by atoms with van der Waals surface area (Å²) in [6.07, 6.45) is 3.31. The lowest BCUT2D eigenvalue weighted by molar-refractivity contribution is 1.22. The standard InChI is InChI=1S/3C16H16/c1-10-4-7-15-14(8-10)9-13-6-5-11(2)12(3)16(13)15;1-10-4-5-15-13(6-10)9-14-7-11(2)12(3)8-16(14)15;1-10-4-5-13-9-14-7-11(2)12(3)8-16(14)15(13)6-10/h3*4-8H,9H2,1-3H3. The summed E-state index contributed by atoms with van der Waals surface area (Å²) in [7, 11) is 0. The van der Waals surface area contributed by atoms with Crippen LogP contribution in [0.25, 0.3) is 33.4 Å². The molecular formula is C48H48. The van der Waals surface area contributed by atoms with Crippen molar-refractivity contribution < 1.29 is 0 Å². The van der Waals surface area contributed by atoms with Crippen LogP contribution >= 0.6 is 0 Å². The van der Waals surface area contributed by atoms with E-state index in [1.165, 1.54) is 117 Å². The first kappa shape index (κ1) is 31.9. The summed E-state index contributed by atoms with van der Waals surface area (Å²) in [5, 5.41) is 0. The maximum Gasteiger partial charge on any atom is -0.00132 e. The minimum Gasteiger partial charge on any atom is -0.0590 e. The second-order valence-corrected chi connectivity index (χ2v) is 14.7. The van der Waals surface area contributed by atoms with E-state index in [-0.39, 0.29) is 0 Å². The summed E-state index contributed by atoms with van der Waals surface area (Å²) in [6.45, 7) is 19.7. The van der Waals surface area contributed by atoms with Gasteiger partial charge in [-0.25, -0.2) is 0 Å². The van der Waals surface area contributed by atoms with Gasteiger partial charge in [0.15, 0.2) is 0 Å². The Labute approximate surface area is 288 Å². The Kier molecular flexibility index (Phi) is 8.24. The molecule has 0 heterocycles. The first-order valence-electron chi connectivity index (χ1n) is 17.6. The van der Waals surface area contributed by atoms with E-state index in [1.807, 2.05) is 0 Å². The third-order valence-electron chi connectivity index (χ3n) is 11.0. The lowest BCUT2D eigenvalue weighted by Gasteiger charge is -2.08. The zero-order valence-corrected chi connectivity index (χ0v) is 30.3. The van der Waals surface area contributed by atoms with Crippen LogP contribution in [0.5, 0.6) is 0 Å². The van der Waals surface area contributed by atoms with Gasteiger partial charge >= 0.3 is 0 Å². The van der Waals surface area contributed by atoms with Gasteiger partial charge in [0.1, 0.15) is 0 Å². The van der Waals surface area contributed by atoms with E-state index in [2.05, 4.69) is 153 Å². The van der Waals surface area contributed by atoms with Crippen LogP contribution in [0, 0.1) is 62.3 Å². The molecule has 6 aromatic rings. The molecular weight excluding hydrogens is 577 g/mol. The Morgan fingerprint density at radius 1 is 0.292 bits per heavy atom. The molecule has 0 bridgehead atoms. The zero-order valence-electron chi connectivity index (χ0n) is 30.3. The van der Waals surface area contributed by atoms with E-state index in [0.717, 1.165) is 19.3 Å². The van der Waals surface area contributed by atoms with Gasteiger partial charge in [-0.2, -0.15) is 0 Å². The van der Waals surface area contributed by atoms with E-state index in [4.69, 9.17) is 0 Å². The number of aryl methyl sites for hydroxylation is 8. The number of rotatable bonds is 0. The Morgan fingerprint density at radius 3 is 1.35 bits per heavy atom. The van der Waals surface area contributed by atoms with Crippen molar-refractivity contribution in [3.63, 3.8) is 0 Å². The second-order valence-electron chi connectivity index (χ2n) is 14.7. The first-order valence-corrected chi connectivity index (χ1v) is 17.6. The molecule has 0 saturated carbocycles. The van der Waals surface area contributed by atoms with Crippen molar-refractivity contribution in [3.8, 4) is 33.4 Å². The van der Waals surface area contributed by atoms with Crippen LogP contribution in [0.2, 0.25) is 0 Å². The maximum atomic E-state index is 2.35. The van der Waals surface area contributed by atoms with Crippen LogP contribution in [-0.4, -0.2) is 0 Å². The van der Waals surface area contributed by atoms with Crippen LogP contribution in [0.4, 0.5) is 0 Å². The van der Waals surface area contributed by atoms with Gasteiger partial charge in [-0.15, -0.1) is 0 Å². The van der Waals surface area contributed by atoms with Crippen molar-refractivity contribution in [1.82, 2.24) is 0 Å². The molecule has 0 nitrogen and oxygen atoms in total. The normalized spacial score (nSPS) is 12.4. The van der Waals surface area contributed by atoms with Gasteiger partial charge in [0, 0.05) is 0 Å². The highest BCUT2D eigenvalue weighted by atomic mass is 14.3. The Balaban J connectivity index is 0.000000114. The molecule has 48 heavy (non-hydrogen) atoms. The summed E-state index contributed by atoms with van der Waals surface area (Å²) in [4.78, 5) is 0. The van der Waals surface area contributed by atoms with Gasteiger partial charge in [-0.1, -0.05) is 108 Å². The molecule has 0 unspecified atom stereocenters. The zero-order chi connectivity index (χ0) is 33.9. The summed E-state index contributed by atoms with van der Waals surface area (Å²) in [5.41, 5.74) is 30.1. The predicted octanol–water partition coefficient (Wildman–Crippen LogP) is 12.5. The van der Waals surface area contributed by atoms with Crippen LogP contribution in [0.3, 0.4) is 0 Å². The minimum absolute atomic E-state index is 1.10. The predicted molar refractivity (Wildman–Crippen MR) is 207 cm³/mol. The van der Waals surface area contributed by atoms with Crippen molar-refractivity contribution in [2.24, 2.45) is 0 Å². The molecule has 0 aliphatic heterocycles. The van der Waals surface area contributed by atoms with E-state index in [0.29, 0.717) is 0 Å². The van der Waals surface area contributed by atoms with E-state index in [1.54, 1.807) is 0 Å². The van der Waals surface area contributed by atoms with Gasteiger partial charge in [0.2, 0.25) is 0 Å². The third-order valence-corrected chi connectivity index (χ3v) is 11.0. The highest BCUT2D eigenvalue weighted by Gasteiger charge is 2.22. The fraction of sp³-hybridized carbons (Fsp3) is 0.250. The number of benzene rings is 6. The number of fused-ring (bicyclic) bond motifs is 9. The smallest absolute Gasteiger partial charge is 0.00132 e. The second kappa shape index (κ2) is 12.4. The summed E-state index contributed by atoms with van der Waals surface area (Å²) >= 11 is 0. The van der Waals surface area contributed by atoms with Gasteiger partial charge in [0.05, 0.1) is 0 Å². The average molecular weight is 625 g/mol. The summed E-state index contributed by atoms with van der Waals surface area (Å²) < 4.78 is 0. The highest BCUT2D eigenvalue weighted by Crippen LogP contribution is 2.41. The average Bonchev–Trinajstić information content (AvgIpc) is 3.70. The number of hydrogen-bond acceptors (Lipinski definition) is 0. The molecule has 0 fully saturated rings. The van der Waals surface area contributed by atoms with E-state index < -0.39 is 0 Å². The third kappa shape index (κ3) is 5.83. The Bertz CT molecular complexity index is 2240. The van der Waals surface area contributed by atoms with Crippen LogP contribution < -0.4 is 0 Å². The topological polar surface area (TPSA) is 0 Å². The van der Waals surface area contributed by atoms with E-state index >= 15 is 0 Å². The molecule has 0 radical (unpaired) electrons. The fourth-order valence-corrected chi connectivity index (χ4v) is 7.90. The molecule has 0 saturated heterocycles. The van der Waals surface area contributed by atoms with Crippen molar-refractivity contribution in [3.05, 3.63) is 174 Å². The Hall–Kier alpha value is -4.68. The number of hydrogen-bond donors (Lipinski definition) is 0. The van der Waals surface area contributed by atoms with Crippen LogP contribution in [0.1, 0.15) is 83.5 Å². The van der Waals surface area contributed by atoms with Crippen LogP contribution in [-0.2, 0) is 19.3 Å². The van der Waals surface area contributed by atoms with Gasteiger partial charge in [-0.05, 0) is 182 Å². The highest BCUT2D eigenvalue weighted by molar-refractivity contribution is 5.81. The molecule has 6 aromatic carbocycles. The van der Waals surface area contributed by atoms with Crippen molar-refractivity contribution in [1.29, 1.82) is 0 Å². The Morgan fingerprint density at radius 2 is 0.708 bits per heavy atom. The molecule has 240 valence electrons. The van der Waals surface area contributed by atoms with Crippen molar-refractivity contribution in [2.45, 2.75) is 81.6 Å². The van der Waals surface area contributed by atoms with Crippen molar-refractivity contribution in [2.75, 3.05) is 0 Å². The van der Waals surface area contributed by atoms with Gasteiger partial charge in [0.25, 0.3) is 0 Å². The SMILES string of the molecule is Cc1ccc2c(c1)-c1cc(C)c(C)cc1C2.Cc1ccc2c(c1)Cc1cc(C)c(C)cc1-2.Cc1ccc2c(c1)Cc1ccc(C)c(C)c1-2. The quantitative estimate of drug-likeness (QED) is 0.157. The lowest BCUT2D eigenvalue weighted by atomic mass is 9.96. The molecule has 3 aliphatic carbocycles. The van der Waals surface area contributed by atoms with E-state index in [9.17, 15) is 0 Å². The molecule has 0 amide bonds. The lowest BCUT2D eigenvalue weighted by Crippen LogP contribution is -1.87. The molecule has 9 rings (SSSR count). The van der Waals surface area contributed by atoms with Gasteiger partial charge < -0.3 is 0 Å². The fourth-order valence-electron chi connectivity index (χ4n) is 7.90. The monoisotopic (exact) mass is 624 g/mol. The molecule has 0 heteroatoms. The molecule has 3 aliphatic rings.